The monoisotopic (exact) mass is 242 g/mol. The fraction of sp³-hybridized carbons (Fsp3) is 0.917. The van der Waals surface area contributed by atoms with E-state index in [1.54, 1.807) is 0 Å². The van der Waals surface area contributed by atoms with Crippen LogP contribution in [0.3, 0.4) is 0 Å². The van der Waals surface area contributed by atoms with Gasteiger partial charge >= 0.3 is 0 Å². The topological polar surface area (TPSA) is 70.6 Å². The molecule has 0 aromatic carbocycles. The lowest BCUT2D eigenvalue weighted by atomic mass is 9.95. The van der Waals surface area contributed by atoms with E-state index in [2.05, 4.69) is 10.6 Å². The largest absolute Gasteiger partial charge is 0.394 e. The molecule has 5 nitrogen and oxygen atoms in total. The van der Waals surface area contributed by atoms with Crippen molar-refractivity contribution in [3.63, 3.8) is 0 Å². The van der Waals surface area contributed by atoms with Crippen LogP contribution in [0.5, 0.6) is 0 Å². The maximum atomic E-state index is 12.2. The molecule has 2 rings (SSSR count). The first kappa shape index (κ1) is 12.8. The van der Waals surface area contributed by atoms with Crippen molar-refractivity contribution < 1.29 is 14.6 Å². The minimum Gasteiger partial charge on any atom is -0.394 e. The first-order valence-electron chi connectivity index (χ1n) is 6.39. The van der Waals surface area contributed by atoms with Crippen molar-refractivity contribution in [3.05, 3.63) is 0 Å². The summed E-state index contributed by atoms with van der Waals surface area (Å²) in [6.45, 7) is 1.09. The summed E-state index contributed by atoms with van der Waals surface area (Å²) in [4.78, 5) is 12.2. The van der Waals surface area contributed by atoms with Gasteiger partial charge < -0.3 is 20.5 Å². The second-order valence-corrected chi connectivity index (χ2v) is 5.17. The molecule has 2 unspecified atom stereocenters. The molecule has 2 fully saturated rings. The number of rotatable bonds is 4. The second-order valence-electron chi connectivity index (χ2n) is 5.17. The quantitative estimate of drug-likeness (QED) is 0.630. The van der Waals surface area contributed by atoms with Crippen molar-refractivity contribution in [1.82, 2.24) is 10.6 Å². The Labute approximate surface area is 102 Å². The van der Waals surface area contributed by atoms with Gasteiger partial charge in [0.15, 0.2) is 0 Å². The Balaban J connectivity index is 1.95. The number of carbonyl (C=O) groups is 1. The van der Waals surface area contributed by atoms with E-state index < -0.39 is 0 Å². The summed E-state index contributed by atoms with van der Waals surface area (Å²) in [5.41, 5.74) is -0.377. The fourth-order valence-corrected chi connectivity index (χ4v) is 2.83. The van der Waals surface area contributed by atoms with Crippen LogP contribution in [0.4, 0.5) is 0 Å². The second kappa shape index (κ2) is 5.33. The molecule has 0 spiro atoms. The molecule has 0 radical (unpaired) electrons. The number of hydrogen-bond donors (Lipinski definition) is 3. The van der Waals surface area contributed by atoms with E-state index in [9.17, 15) is 9.90 Å². The number of likely N-dealkylation sites (N-methyl/N-ethyl adjacent to an activating group) is 1. The van der Waals surface area contributed by atoms with Crippen molar-refractivity contribution in [2.45, 2.75) is 37.3 Å². The van der Waals surface area contributed by atoms with Gasteiger partial charge in [-0.2, -0.15) is 0 Å². The molecule has 2 aliphatic rings. The molecule has 1 aliphatic heterocycles. The number of aliphatic hydroxyl groups excluding tert-OH is 1. The first-order chi connectivity index (χ1) is 8.21. The van der Waals surface area contributed by atoms with Gasteiger partial charge in [0.2, 0.25) is 5.91 Å². The SMILES string of the molecule is CNC1COCC1C(=O)NC1(CO)CCCC1. The smallest absolute Gasteiger partial charge is 0.227 e. The van der Waals surface area contributed by atoms with Crippen molar-refractivity contribution in [2.75, 3.05) is 26.9 Å². The Hall–Kier alpha value is -0.650. The van der Waals surface area contributed by atoms with Crippen LogP contribution in [0.2, 0.25) is 0 Å². The lowest BCUT2D eigenvalue weighted by Crippen LogP contribution is -2.53. The van der Waals surface area contributed by atoms with Crippen molar-refractivity contribution in [1.29, 1.82) is 0 Å². The summed E-state index contributed by atoms with van der Waals surface area (Å²) < 4.78 is 5.33. The van der Waals surface area contributed by atoms with Gasteiger partial charge in [-0.1, -0.05) is 12.8 Å². The molecule has 0 aromatic heterocycles. The average molecular weight is 242 g/mol. The van der Waals surface area contributed by atoms with Crippen LogP contribution in [0.15, 0.2) is 0 Å². The van der Waals surface area contributed by atoms with E-state index in [1.807, 2.05) is 7.05 Å². The summed E-state index contributed by atoms with van der Waals surface area (Å²) in [6, 6.07) is 0.0899. The predicted octanol–water partition coefficient (Wildman–Crippen LogP) is -0.358. The van der Waals surface area contributed by atoms with Crippen LogP contribution in [0.1, 0.15) is 25.7 Å². The predicted molar refractivity (Wildman–Crippen MR) is 63.6 cm³/mol. The number of nitrogens with one attached hydrogen (secondary N) is 2. The van der Waals surface area contributed by atoms with Gasteiger partial charge in [-0.3, -0.25) is 4.79 Å². The van der Waals surface area contributed by atoms with Crippen LogP contribution in [0, 0.1) is 5.92 Å². The lowest BCUT2D eigenvalue weighted by Gasteiger charge is -2.30. The van der Waals surface area contributed by atoms with Crippen LogP contribution in [0.25, 0.3) is 0 Å². The van der Waals surface area contributed by atoms with E-state index in [0.717, 1.165) is 25.7 Å². The van der Waals surface area contributed by atoms with Gasteiger partial charge in [0.25, 0.3) is 0 Å². The standard InChI is InChI=1S/C12H22N2O3/c1-13-10-7-17-6-9(10)11(16)14-12(8-15)4-2-3-5-12/h9-10,13,15H,2-8H2,1H3,(H,14,16). The van der Waals surface area contributed by atoms with E-state index in [0.29, 0.717) is 13.2 Å². The molecule has 1 saturated carbocycles. The van der Waals surface area contributed by atoms with E-state index in [4.69, 9.17) is 4.74 Å². The van der Waals surface area contributed by atoms with E-state index in [-0.39, 0.29) is 30.0 Å². The van der Waals surface area contributed by atoms with E-state index >= 15 is 0 Å². The first-order valence-corrected chi connectivity index (χ1v) is 6.39. The lowest BCUT2D eigenvalue weighted by molar-refractivity contribution is -0.128. The van der Waals surface area contributed by atoms with Crippen molar-refractivity contribution in [2.24, 2.45) is 5.92 Å². The van der Waals surface area contributed by atoms with E-state index in [1.165, 1.54) is 0 Å². The molecule has 98 valence electrons. The van der Waals surface area contributed by atoms with Gasteiger partial charge in [0, 0.05) is 6.04 Å². The zero-order valence-electron chi connectivity index (χ0n) is 10.4. The molecule has 1 heterocycles. The number of carbonyl (C=O) groups excluding carboxylic acids is 1. The maximum absolute atomic E-state index is 12.2. The minimum atomic E-state index is -0.377. The molecule has 0 aromatic rings. The van der Waals surface area contributed by atoms with Crippen LogP contribution in [-0.2, 0) is 9.53 Å². The van der Waals surface area contributed by atoms with Gasteiger partial charge in [-0.05, 0) is 19.9 Å². The Morgan fingerprint density at radius 3 is 2.71 bits per heavy atom. The fourth-order valence-electron chi connectivity index (χ4n) is 2.83. The van der Waals surface area contributed by atoms with Crippen molar-refractivity contribution in [3.8, 4) is 0 Å². The Bertz CT molecular complexity index is 277. The van der Waals surface area contributed by atoms with Crippen LogP contribution >= 0.6 is 0 Å². The minimum absolute atomic E-state index is 0.0119. The molecular weight excluding hydrogens is 220 g/mol. The molecule has 2 atom stereocenters. The average Bonchev–Trinajstić information content (AvgIpc) is 2.97. The Morgan fingerprint density at radius 1 is 1.41 bits per heavy atom. The highest BCUT2D eigenvalue weighted by Crippen LogP contribution is 2.29. The van der Waals surface area contributed by atoms with Crippen LogP contribution in [-0.4, -0.2) is 49.5 Å². The van der Waals surface area contributed by atoms with Gasteiger partial charge in [0.05, 0.1) is 31.3 Å². The number of hydrogen-bond acceptors (Lipinski definition) is 4. The Morgan fingerprint density at radius 2 is 2.12 bits per heavy atom. The number of amides is 1. The summed E-state index contributed by atoms with van der Waals surface area (Å²) in [5.74, 6) is -0.123. The molecule has 1 saturated heterocycles. The van der Waals surface area contributed by atoms with Crippen LogP contribution < -0.4 is 10.6 Å². The zero-order chi connectivity index (χ0) is 12.3. The highest BCUT2D eigenvalue weighted by molar-refractivity contribution is 5.80. The maximum Gasteiger partial charge on any atom is 0.227 e. The van der Waals surface area contributed by atoms with Gasteiger partial charge in [-0.25, -0.2) is 0 Å². The molecule has 0 bridgehead atoms. The summed E-state index contributed by atoms with van der Waals surface area (Å²) in [6.07, 6.45) is 3.93. The third-order valence-corrected chi connectivity index (χ3v) is 4.04. The molecule has 3 N–H and O–H groups in total. The normalized spacial score (nSPS) is 31.6. The summed E-state index contributed by atoms with van der Waals surface area (Å²) in [5, 5.41) is 15.6. The molecule has 1 amide bonds. The number of ether oxygens (including phenoxy) is 1. The van der Waals surface area contributed by atoms with Gasteiger partial charge in [0.1, 0.15) is 0 Å². The highest BCUT2D eigenvalue weighted by atomic mass is 16.5. The zero-order valence-corrected chi connectivity index (χ0v) is 10.4. The molecule has 1 aliphatic carbocycles. The van der Waals surface area contributed by atoms with Crippen molar-refractivity contribution >= 4 is 5.91 Å². The summed E-state index contributed by atoms with van der Waals surface area (Å²) in [7, 11) is 1.84. The number of aliphatic hydroxyl groups is 1. The highest BCUT2D eigenvalue weighted by Gasteiger charge is 2.39. The molecule has 5 heteroatoms. The third kappa shape index (κ3) is 2.61. The van der Waals surface area contributed by atoms with Gasteiger partial charge in [-0.15, -0.1) is 0 Å². The summed E-state index contributed by atoms with van der Waals surface area (Å²) >= 11 is 0. The molecular formula is C12H22N2O3. The Kier molecular flexibility index (Phi) is 4.01. The third-order valence-electron chi connectivity index (χ3n) is 4.04. The molecule has 17 heavy (non-hydrogen) atoms.